The second-order valence-corrected chi connectivity index (χ2v) is 4.20. The minimum absolute atomic E-state index is 0.0522. The normalized spacial score (nSPS) is 19.8. The number of ketones is 1. The minimum Gasteiger partial charge on any atom is -0.295 e. The molecule has 88 valence electrons. The fourth-order valence-electron chi connectivity index (χ4n) is 2.06. The van der Waals surface area contributed by atoms with Crippen molar-refractivity contribution >= 4 is 12.0 Å². The van der Waals surface area contributed by atoms with Crippen LogP contribution in [0.4, 0.5) is 0 Å². The third-order valence-corrected chi connectivity index (χ3v) is 2.79. The average Bonchev–Trinajstić information content (AvgIpc) is 2.78. The highest BCUT2D eigenvalue weighted by molar-refractivity contribution is 5.87. The Morgan fingerprint density at radius 2 is 2.06 bits per heavy atom. The van der Waals surface area contributed by atoms with Crippen LogP contribution in [0.1, 0.15) is 31.9 Å². The fourth-order valence-corrected chi connectivity index (χ4v) is 2.06. The standard InChI is InChI=1S/C14H16N2O/c1-11(10-12(2)17)16-14(8-9-15-16)13-6-4-3-5-7-13/h3-7,9-10,14H,8H2,1-2H3. The molecule has 0 amide bonds. The number of carbonyl (C=O) groups excluding carboxylic acids is 1. The van der Waals surface area contributed by atoms with Crippen LogP contribution in [0.3, 0.4) is 0 Å². The van der Waals surface area contributed by atoms with Crippen LogP contribution < -0.4 is 0 Å². The largest absolute Gasteiger partial charge is 0.295 e. The third-order valence-electron chi connectivity index (χ3n) is 2.79. The first-order chi connectivity index (χ1) is 8.18. The van der Waals surface area contributed by atoms with E-state index < -0.39 is 0 Å². The van der Waals surface area contributed by atoms with E-state index in [1.165, 1.54) is 5.56 Å². The number of rotatable bonds is 3. The van der Waals surface area contributed by atoms with E-state index in [9.17, 15) is 4.79 Å². The van der Waals surface area contributed by atoms with Gasteiger partial charge in [-0.05, 0) is 19.4 Å². The van der Waals surface area contributed by atoms with Gasteiger partial charge in [-0.15, -0.1) is 0 Å². The van der Waals surface area contributed by atoms with Crippen molar-refractivity contribution in [2.45, 2.75) is 26.3 Å². The number of benzene rings is 1. The van der Waals surface area contributed by atoms with Crippen LogP contribution in [0.15, 0.2) is 47.2 Å². The maximum Gasteiger partial charge on any atom is 0.154 e. The van der Waals surface area contributed by atoms with Gasteiger partial charge in [-0.3, -0.25) is 9.80 Å². The van der Waals surface area contributed by atoms with E-state index in [-0.39, 0.29) is 11.8 Å². The second kappa shape index (κ2) is 4.95. The van der Waals surface area contributed by atoms with Crippen molar-refractivity contribution in [2.75, 3.05) is 0 Å². The first-order valence-corrected chi connectivity index (χ1v) is 5.74. The van der Waals surface area contributed by atoms with Crippen molar-refractivity contribution in [1.82, 2.24) is 5.01 Å². The summed E-state index contributed by atoms with van der Waals surface area (Å²) in [5.41, 5.74) is 2.11. The summed E-state index contributed by atoms with van der Waals surface area (Å²) in [5.74, 6) is 0.0522. The lowest BCUT2D eigenvalue weighted by atomic mass is 10.0. The molecule has 0 aromatic heterocycles. The van der Waals surface area contributed by atoms with Crippen LogP contribution in [-0.4, -0.2) is 17.0 Å². The molecule has 0 fully saturated rings. The smallest absolute Gasteiger partial charge is 0.154 e. The summed E-state index contributed by atoms with van der Waals surface area (Å²) in [6, 6.07) is 10.4. The van der Waals surface area contributed by atoms with Gasteiger partial charge in [0.15, 0.2) is 5.78 Å². The number of hydrazone groups is 1. The maximum atomic E-state index is 11.1. The Morgan fingerprint density at radius 1 is 1.35 bits per heavy atom. The topological polar surface area (TPSA) is 32.7 Å². The van der Waals surface area contributed by atoms with Gasteiger partial charge in [-0.25, -0.2) is 0 Å². The predicted molar refractivity (Wildman–Crippen MR) is 68.6 cm³/mol. The highest BCUT2D eigenvalue weighted by Gasteiger charge is 2.23. The molecule has 3 nitrogen and oxygen atoms in total. The summed E-state index contributed by atoms with van der Waals surface area (Å²) in [6.07, 6.45) is 4.40. The number of nitrogens with zero attached hydrogens (tertiary/aromatic N) is 2. The van der Waals surface area contributed by atoms with E-state index >= 15 is 0 Å². The van der Waals surface area contributed by atoms with Crippen LogP contribution in [-0.2, 0) is 4.79 Å². The Morgan fingerprint density at radius 3 is 2.71 bits per heavy atom. The van der Waals surface area contributed by atoms with E-state index in [2.05, 4.69) is 17.2 Å². The summed E-state index contributed by atoms with van der Waals surface area (Å²) in [4.78, 5) is 11.1. The van der Waals surface area contributed by atoms with Crippen molar-refractivity contribution in [3.8, 4) is 0 Å². The van der Waals surface area contributed by atoms with E-state index in [0.717, 1.165) is 12.1 Å². The first kappa shape index (κ1) is 11.6. The molecule has 0 saturated heterocycles. The Balaban J connectivity index is 2.23. The molecule has 17 heavy (non-hydrogen) atoms. The number of carbonyl (C=O) groups is 1. The molecule has 1 atom stereocenters. The zero-order valence-corrected chi connectivity index (χ0v) is 10.1. The van der Waals surface area contributed by atoms with Crippen LogP contribution >= 0.6 is 0 Å². The highest BCUT2D eigenvalue weighted by Crippen LogP contribution is 2.30. The lowest BCUT2D eigenvalue weighted by Gasteiger charge is -2.24. The lowest BCUT2D eigenvalue weighted by Crippen LogP contribution is -2.18. The summed E-state index contributed by atoms with van der Waals surface area (Å²) in [7, 11) is 0. The molecule has 1 aromatic carbocycles. The molecule has 3 heteroatoms. The molecule has 0 saturated carbocycles. The lowest BCUT2D eigenvalue weighted by molar-refractivity contribution is -0.112. The summed E-state index contributed by atoms with van der Waals surface area (Å²) >= 11 is 0. The Kier molecular flexibility index (Phi) is 3.38. The monoisotopic (exact) mass is 228 g/mol. The van der Waals surface area contributed by atoms with Gasteiger partial charge in [-0.2, -0.15) is 5.10 Å². The number of hydrogen-bond donors (Lipinski definition) is 0. The van der Waals surface area contributed by atoms with E-state index in [0.29, 0.717) is 0 Å². The summed E-state index contributed by atoms with van der Waals surface area (Å²) in [5, 5.41) is 6.25. The van der Waals surface area contributed by atoms with Gasteiger partial charge in [0.25, 0.3) is 0 Å². The molecule has 0 aliphatic carbocycles. The van der Waals surface area contributed by atoms with Gasteiger partial charge < -0.3 is 0 Å². The van der Waals surface area contributed by atoms with Crippen LogP contribution in [0.25, 0.3) is 0 Å². The molecule has 0 radical (unpaired) electrons. The van der Waals surface area contributed by atoms with E-state index in [1.54, 1.807) is 13.0 Å². The summed E-state index contributed by atoms with van der Waals surface area (Å²) in [6.45, 7) is 3.47. The van der Waals surface area contributed by atoms with Crippen molar-refractivity contribution in [1.29, 1.82) is 0 Å². The van der Waals surface area contributed by atoms with Gasteiger partial charge in [0.05, 0.1) is 6.04 Å². The fraction of sp³-hybridized carbons (Fsp3) is 0.286. The second-order valence-electron chi connectivity index (χ2n) is 4.20. The molecule has 0 spiro atoms. The molecule has 0 N–H and O–H groups in total. The van der Waals surface area contributed by atoms with Gasteiger partial charge in [0.1, 0.15) is 0 Å². The van der Waals surface area contributed by atoms with Crippen molar-refractivity contribution in [3.05, 3.63) is 47.7 Å². The van der Waals surface area contributed by atoms with Crippen molar-refractivity contribution in [2.24, 2.45) is 5.10 Å². The van der Waals surface area contributed by atoms with Crippen molar-refractivity contribution in [3.63, 3.8) is 0 Å². The van der Waals surface area contributed by atoms with Gasteiger partial charge in [0.2, 0.25) is 0 Å². The van der Waals surface area contributed by atoms with E-state index in [1.807, 2.05) is 36.3 Å². The van der Waals surface area contributed by atoms with Crippen LogP contribution in [0.5, 0.6) is 0 Å². The molecular formula is C14H16N2O. The zero-order valence-electron chi connectivity index (χ0n) is 10.1. The highest BCUT2D eigenvalue weighted by atomic mass is 16.1. The Bertz CT molecular complexity index is 462. The van der Waals surface area contributed by atoms with Gasteiger partial charge in [-0.1, -0.05) is 30.3 Å². The quantitative estimate of drug-likeness (QED) is 0.745. The zero-order chi connectivity index (χ0) is 12.3. The molecule has 1 aromatic rings. The Labute approximate surface area is 101 Å². The maximum absolute atomic E-state index is 11.1. The molecule has 2 rings (SSSR count). The van der Waals surface area contributed by atoms with Gasteiger partial charge >= 0.3 is 0 Å². The predicted octanol–water partition coefficient (Wildman–Crippen LogP) is 2.91. The van der Waals surface area contributed by atoms with Crippen molar-refractivity contribution < 1.29 is 4.79 Å². The molecule has 0 bridgehead atoms. The minimum atomic E-state index is 0.0522. The molecule has 1 aliphatic heterocycles. The van der Waals surface area contributed by atoms with Crippen LogP contribution in [0.2, 0.25) is 0 Å². The number of hydrogen-bond acceptors (Lipinski definition) is 3. The van der Waals surface area contributed by atoms with E-state index in [4.69, 9.17) is 0 Å². The molecule has 1 heterocycles. The first-order valence-electron chi connectivity index (χ1n) is 5.74. The molecule has 1 aliphatic rings. The summed E-state index contributed by atoms with van der Waals surface area (Å²) < 4.78 is 0. The molecule has 1 unspecified atom stereocenters. The number of allylic oxidation sites excluding steroid dienone is 2. The molecular weight excluding hydrogens is 212 g/mol. The van der Waals surface area contributed by atoms with Gasteiger partial charge in [0, 0.05) is 24.4 Å². The van der Waals surface area contributed by atoms with Crippen LogP contribution in [0, 0.1) is 0 Å². The third kappa shape index (κ3) is 2.61. The SMILES string of the molecule is CC(=O)C=C(C)N1N=CCC1c1ccccc1. The average molecular weight is 228 g/mol. The Hall–Kier alpha value is -1.90.